The summed E-state index contributed by atoms with van der Waals surface area (Å²) < 4.78 is 0. The molecular weight excluding hydrogens is 248 g/mol. The van der Waals surface area contributed by atoms with Gasteiger partial charge in [-0.15, -0.1) is 0 Å². The SMILES string of the molecule is O=C(CNc1ccc2ccccc2c1)N1CCCCC1. The number of fused-ring (bicyclic) bond motifs is 1. The Balaban J connectivity index is 1.62. The molecule has 1 aliphatic rings. The number of hydrogen-bond donors (Lipinski definition) is 1. The Hall–Kier alpha value is -2.03. The van der Waals surface area contributed by atoms with E-state index in [0.29, 0.717) is 6.54 Å². The lowest BCUT2D eigenvalue weighted by Gasteiger charge is -2.26. The number of likely N-dealkylation sites (tertiary alicyclic amines) is 1. The Kier molecular flexibility index (Phi) is 3.86. The lowest BCUT2D eigenvalue weighted by molar-refractivity contribution is -0.130. The van der Waals surface area contributed by atoms with Crippen LogP contribution in [0.2, 0.25) is 0 Å². The Bertz CT molecular complexity index is 603. The second kappa shape index (κ2) is 5.95. The van der Waals surface area contributed by atoms with Crippen molar-refractivity contribution in [1.82, 2.24) is 4.90 Å². The summed E-state index contributed by atoms with van der Waals surface area (Å²) in [6, 6.07) is 14.5. The van der Waals surface area contributed by atoms with Gasteiger partial charge < -0.3 is 10.2 Å². The summed E-state index contributed by atoms with van der Waals surface area (Å²) in [5, 5.41) is 5.66. The zero-order valence-corrected chi connectivity index (χ0v) is 11.6. The Morgan fingerprint density at radius 3 is 2.55 bits per heavy atom. The molecule has 2 aromatic carbocycles. The third kappa shape index (κ3) is 2.93. The largest absolute Gasteiger partial charge is 0.376 e. The van der Waals surface area contributed by atoms with E-state index >= 15 is 0 Å². The van der Waals surface area contributed by atoms with Gasteiger partial charge in [0.2, 0.25) is 5.91 Å². The van der Waals surface area contributed by atoms with E-state index in [1.54, 1.807) is 0 Å². The summed E-state index contributed by atoms with van der Waals surface area (Å²) in [5.74, 6) is 0.206. The van der Waals surface area contributed by atoms with Crippen LogP contribution in [-0.2, 0) is 4.79 Å². The molecule has 0 bridgehead atoms. The first kappa shape index (κ1) is 13.0. The molecular formula is C17H20N2O. The minimum absolute atomic E-state index is 0.206. The van der Waals surface area contributed by atoms with Crippen molar-refractivity contribution < 1.29 is 4.79 Å². The quantitative estimate of drug-likeness (QED) is 0.926. The summed E-state index contributed by atoms with van der Waals surface area (Å²) >= 11 is 0. The molecule has 0 radical (unpaired) electrons. The molecule has 2 aromatic rings. The van der Waals surface area contributed by atoms with Crippen LogP contribution in [0.3, 0.4) is 0 Å². The number of nitrogens with one attached hydrogen (secondary N) is 1. The van der Waals surface area contributed by atoms with Gasteiger partial charge in [0, 0.05) is 18.8 Å². The van der Waals surface area contributed by atoms with Crippen LogP contribution in [0.5, 0.6) is 0 Å². The normalized spacial score (nSPS) is 15.3. The molecule has 1 amide bonds. The number of benzene rings is 2. The standard InChI is InChI=1S/C17H20N2O/c20-17(19-10-4-1-5-11-19)13-18-16-9-8-14-6-2-3-7-15(14)12-16/h2-3,6-9,12,18H,1,4-5,10-11,13H2. The average Bonchev–Trinajstić information content (AvgIpc) is 2.53. The molecule has 0 atom stereocenters. The summed E-state index contributed by atoms with van der Waals surface area (Å²) in [5.41, 5.74) is 1.01. The summed E-state index contributed by atoms with van der Waals surface area (Å²) in [4.78, 5) is 14.1. The first-order valence-corrected chi connectivity index (χ1v) is 7.33. The minimum atomic E-state index is 0.206. The van der Waals surface area contributed by atoms with Crippen molar-refractivity contribution in [1.29, 1.82) is 0 Å². The molecule has 1 heterocycles. The van der Waals surface area contributed by atoms with Crippen LogP contribution in [-0.4, -0.2) is 30.4 Å². The molecule has 1 aliphatic heterocycles. The number of nitrogens with zero attached hydrogens (tertiary/aromatic N) is 1. The fourth-order valence-electron chi connectivity index (χ4n) is 2.73. The minimum Gasteiger partial charge on any atom is -0.376 e. The number of rotatable bonds is 3. The lowest BCUT2D eigenvalue weighted by atomic mass is 10.1. The van der Waals surface area contributed by atoms with Crippen molar-refractivity contribution in [3.8, 4) is 0 Å². The smallest absolute Gasteiger partial charge is 0.241 e. The molecule has 3 heteroatoms. The Labute approximate surface area is 119 Å². The van der Waals surface area contributed by atoms with Gasteiger partial charge in [0.25, 0.3) is 0 Å². The number of piperidine rings is 1. The zero-order chi connectivity index (χ0) is 13.8. The van der Waals surface area contributed by atoms with E-state index in [1.807, 2.05) is 23.1 Å². The first-order chi connectivity index (χ1) is 9.83. The Morgan fingerprint density at radius 1 is 1.00 bits per heavy atom. The highest BCUT2D eigenvalue weighted by Gasteiger charge is 2.15. The molecule has 0 unspecified atom stereocenters. The van der Waals surface area contributed by atoms with E-state index in [1.165, 1.54) is 17.2 Å². The molecule has 1 fully saturated rings. The third-order valence-corrected chi connectivity index (χ3v) is 3.90. The topological polar surface area (TPSA) is 32.3 Å². The van der Waals surface area contributed by atoms with Crippen molar-refractivity contribution in [3.63, 3.8) is 0 Å². The highest BCUT2D eigenvalue weighted by Crippen LogP contribution is 2.18. The molecule has 1 saturated heterocycles. The first-order valence-electron chi connectivity index (χ1n) is 7.33. The van der Waals surface area contributed by atoms with Crippen molar-refractivity contribution >= 4 is 22.4 Å². The molecule has 0 spiro atoms. The van der Waals surface area contributed by atoms with Crippen molar-refractivity contribution in [2.75, 3.05) is 25.0 Å². The van der Waals surface area contributed by atoms with Gasteiger partial charge >= 0.3 is 0 Å². The van der Waals surface area contributed by atoms with E-state index in [2.05, 4.69) is 29.6 Å². The van der Waals surface area contributed by atoms with Crippen LogP contribution in [0.4, 0.5) is 5.69 Å². The zero-order valence-electron chi connectivity index (χ0n) is 11.6. The van der Waals surface area contributed by atoms with Crippen molar-refractivity contribution in [2.45, 2.75) is 19.3 Å². The van der Waals surface area contributed by atoms with Gasteiger partial charge in [-0.25, -0.2) is 0 Å². The molecule has 3 rings (SSSR count). The number of hydrogen-bond acceptors (Lipinski definition) is 2. The maximum absolute atomic E-state index is 12.1. The number of carbonyl (C=O) groups is 1. The van der Waals surface area contributed by atoms with Gasteiger partial charge in [0.1, 0.15) is 0 Å². The second-order valence-corrected chi connectivity index (χ2v) is 5.36. The van der Waals surface area contributed by atoms with Gasteiger partial charge in [-0.05, 0) is 42.2 Å². The monoisotopic (exact) mass is 268 g/mol. The van der Waals surface area contributed by atoms with E-state index in [9.17, 15) is 4.79 Å². The third-order valence-electron chi connectivity index (χ3n) is 3.90. The summed E-state index contributed by atoms with van der Waals surface area (Å²) in [6.45, 7) is 2.22. The second-order valence-electron chi connectivity index (χ2n) is 5.36. The number of anilines is 1. The molecule has 104 valence electrons. The van der Waals surface area contributed by atoms with Crippen LogP contribution in [0.1, 0.15) is 19.3 Å². The average molecular weight is 268 g/mol. The van der Waals surface area contributed by atoms with Crippen molar-refractivity contribution in [2.24, 2.45) is 0 Å². The number of carbonyl (C=O) groups excluding carboxylic acids is 1. The Morgan fingerprint density at radius 2 is 1.75 bits per heavy atom. The van der Waals surface area contributed by atoms with Crippen LogP contribution in [0.15, 0.2) is 42.5 Å². The van der Waals surface area contributed by atoms with E-state index in [0.717, 1.165) is 31.6 Å². The predicted octanol–water partition coefficient (Wildman–Crippen LogP) is 3.26. The maximum atomic E-state index is 12.1. The number of amides is 1. The lowest BCUT2D eigenvalue weighted by Crippen LogP contribution is -2.39. The highest BCUT2D eigenvalue weighted by atomic mass is 16.2. The summed E-state index contributed by atoms with van der Waals surface area (Å²) in [7, 11) is 0. The molecule has 3 nitrogen and oxygen atoms in total. The van der Waals surface area contributed by atoms with Crippen LogP contribution >= 0.6 is 0 Å². The summed E-state index contributed by atoms with van der Waals surface area (Å²) in [6.07, 6.45) is 3.53. The fraction of sp³-hybridized carbons (Fsp3) is 0.353. The molecule has 0 aromatic heterocycles. The highest BCUT2D eigenvalue weighted by molar-refractivity contribution is 5.87. The van der Waals surface area contributed by atoms with E-state index in [4.69, 9.17) is 0 Å². The van der Waals surface area contributed by atoms with Crippen LogP contribution in [0, 0.1) is 0 Å². The van der Waals surface area contributed by atoms with Gasteiger partial charge in [-0.3, -0.25) is 4.79 Å². The van der Waals surface area contributed by atoms with E-state index in [-0.39, 0.29) is 5.91 Å². The maximum Gasteiger partial charge on any atom is 0.241 e. The van der Waals surface area contributed by atoms with Crippen LogP contribution < -0.4 is 5.32 Å². The molecule has 0 aliphatic carbocycles. The molecule has 1 N–H and O–H groups in total. The van der Waals surface area contributed by atoms with Crippen molar-refractivity contribution in [3.05, 3.63) is 42.5 Å². The molecule has 0 saturated carbocycles. The van der Waals surface area contributed by atoms with Gasteiger partial charge in [-0.1, -0.05) is 30.3 Å². The fourth-order valence-corrected chi connectivity index (χ4v) is 2.73. The van der Waals surface area contributed by atoms with Crippen LogP contribution in [0.25, 0.3) is 10.8 Å². The van der Waals surface area contributed by atoms with Gasteiger partial charge in [0.15, 0.2) is 0 Å². The van der Waals surface area contributed by atoms with Gasteiger partial charge in [-0.2, -0.15) is 0 Å². The molecule has 20 heavy (non-hydrogen) atoms. The predicted molar refractivity (Wildman–Crippen MR) is 82.9 cm³/mol. The van der Waals surface area contributed by atoms with E-state index < -0.39 is 0 Å². The van der Waals surface area contributed by atoms with Gasteiger partial charge in [0.05, 0.1) is 6.54 Å².